The van der Waals surface area contributed by atoms with Crippen molar-refractivity contribution in [2.24, 2.45) is 5.92 Å². The second-order valence-electron chi connectivity index (χ2n) is 7.81. The number of unbranched alkanes of at least 4 members (excludes halogenated alkanes) is 1. The molecule has 2 amide bonds. The number of hydroxylamine groups is 1. The quantitative estimate of drug-likeness (QED) is 0.318. The van der Waals surface area contributed by atoms with E-state index in [1.165, 1.54) is 0 Å². The summed E-state index contributed by atoms with van der Waals surface area (Å²) in [6, 6.07) is 19.4. The lowest BCUT2D eigenvalue weighted by atomic mass is 9.98. The maximum Gasteiger partial charge on any atom is 0.269 e. The molecule has 0 aliphatic carbocycles. The normalized spacial score (nSPS) is 11.7. The second kappa shape index (κ2) is 11.8. The predicted molar refractivity (Wildman–Crippen MR) is 122 cm³/mol. The highest BCUT2D eigenvalue weighted by Crippen LogP contribution is 2.14. The highest BCUT2D eigenvalue weighted by atomic mass is 16.5. The molecule has 1 heterocycles. The summed E-state index contributed by atoms with van der Waals surface area (Å²) in [5, 5.41) is 12.0. The first-order valence-electron chi connectivity index (χ1n) is 11.0. The van der Waals surface area contributed by atoms with E-state index in [1.807, 2.05) is 65.2 Å². The minimum absolute atomic E-state index is 0.0981. The molecule has 7 heteroatoms. The molecule has 0 saturated heterocycles. The van der Waals surface area contributed by atoms with E-state index >= 15 is 0 Å². The third-order valence-corrected chi connectivity index (χ3v) is 5.42. The van der Waals surface area contributed by atoms with Gasteiger partial charge in [-0.05, 0) is 24.0 Å². The molecule has 1 atom stereocenters. The summed E-state index contributed by atoms with van der Waals surface area (Å²) in [5.74, 6) is -0.554. The van der Waals surface area contributed by atoms with E-state index in [0.29, 0.717) is 18.7 Å². The van der Waals surface area contributed by atoms with Crippen molar-refractivity contribution in [3.05, 3.63) is 89.5 Å². The molecule has 7 nitrogen and oxygen atoms in total. The fourth-order valence-electron chi connectivity index (χ4n) is 3.63. The first kappa shape index (κ1) is 23.2. The molecular formula is C25H30N4O3. The molecule has 1 unspecified atom stereocenters. The Labute approximate surface area is 188 Å². The average Bonchev–Trinajstić information content (AvgIpc) is 3.23. The Balaban J connectivity index is 1.75. The molecule has 0 saturated carbocycles. The zero-order valence-electron chi connectivity index (χ0n) is 18.3. The smallest absolute Gasteiger partial charge is 0.269 e. The van der Waals surface area contributed by atoms with Crippen LogP contribution in [0.3, 0.4) is 0 Å². The zero-order valence-corrected chi connectivity index (χ0v) is 18.3. The van der Waals surface area contributed by atoms with Gasteiger partial charge in [0.15, 0.2) is 0 Å². The van der Waals surface area contributed by atoms with Crippen LogP contribution in [0.2, 0.25) is 0 Å². The molecule has 0 bridgehead atoms. The van der Waals surface area contributed by atoms with E-state index in [-0.39, 0.29) is 12.5 Å². The van der Waals surface area contributed by atoms with Crippen molar-refractivity contribution in [1.29, 1.82) is 0 Å². The lowest BCUT2D eigenvalue weighted by Gasteiger charge is -2.17. The van der Waals surface area contributed by atoms with Gasteiger partial charge in [0.1, 0.15) is 11.5 Å². The Morgan fingerprint density at radius 1 is 1.03 bits per heavy atom. The van der Waals surface area contributed by atoms with Crippen LogP contribution < -0.4 is 10.8 Å². The van der Waals surface area contributed by atoms with Crippen LogP contribution in [0, 0.1) is 5.92 Å². The summed E-state index contributed by atoms with van der Waals surface area (Å²) < 4.78 is 1.94. The summed E-state index contributed by atoms with van der Waals surface area (Å²) in [6.07, 6.45) is 4.82. The fourth-order valence-corrected chi connectivity index (χ4v) is 3.63. The van der Waals surface area contributed by atoms with Gasteiger partial charge in [-0.15, -0.1) is 0 Å². The van der Waals surface area contributed by atoms with E-state index < -0.39 is 11.8 Å². The van der Waals surface area contributed by atoms with Crippen LogP contribution in [0.4, 0.5) is 0 Å². The highest BCUT2D eigenvalue weighted by Gasteiger charge is 2.22. The minimum atomic E-state index is -0.601. The van der Waals surface area contributed by atoms with E-state index in [9.17, 15) is 9.59 Å². The van der Waals surface area contributed by atoms with Gasteiger partial charge in [-0.2, -0.15) is 0 Å². The molecule has 168 valence electrons. The van der Waals surface area contributed by atoms with Gasteiger partial charge in [0.25, 0.3) is 5.91 Å². The SMILES string of the molecule is CCCCc1ncc(C(=O)NCC(Cc2ccccc2)C(=O)NO)n1Cc1ccccc1. The number of hydrogen-bond donors (Lipinski definition) is 3. The average molecular weight is 435 g/mol. The number of rotatable bonds is 11. The number of imidazole rings is 1. The van der Waals surface area contributed by atoms with Crippen molar-refractivity contribution in [1.82, 2.24) is 20.3 Å². The van der Waals surface area contributed by atoms with Gasteiger partial charge in [-0.25, -0.2) is 10.5 Å². The van der Waals surface area contributed by atoms with Crippen molar-refractivity contribution < 1.29 is 14.8 Å². The molecule has 2 aromatic carbocycles. The molecular weight excluding hydrogens is 404 g/mol. The standard InChI is InChI=1S/C25H30N4O3/c1-2-3-14-23-26-17-22(29(23)18-20-12-8-5-9-13-20)25(31)27-16-21(24(30)28-32)15-19-10-6-4-7-11-19/h4-13,17,21,32H,2-3,14-16,18H2,1H3,(H,27,31)(H,28,30). The van der Waals surface area contributed by atoms with E-state index in [2.05, 4.69) is 17.2 Å². The number of carbonyl (C=O) groups is 2. The summed E-state index contributed by atoms with van der Waals surface area (Å²) >= 11 is 0. The number of nitrogens with one attached hydrogen (secondary N) is 2. The molecule has 0 fully saturated rings. The van der Waals surface area contributed by atoms with E-state index in [0.717, 1.165) is 36.2 Å². The summed E-state index contributed by atoms with van der Waals surface area (Å²) in [4.78, 5) is 29.7. The van der Waals surface area contributed by atoms with Gasteiger partial charge in [-0.1, -0.05) is 74.0 Å². The molecule has 3 rings (SSSR count). The largest absolute Gasteiger partial charge is 0.350 e. The Morgan fingerprint density at radius 3 is 2.31 bits per heavy atom. The third-order valence-electron chi connectivity index (χ3n) is 5.42. The van der Waals surface area contributed by atoms with Crippen LogP contribution in [0.25, 0.3) is 0 Å². The van der Waals surface area contributed by atoms with Gasteiger partial charge >= 0.3 is 0 Å². The number of nitrogens with zero attached hydrogens (tertiary/aromatic N) is 2. The van der Waals surface area contributed by atoms with Gasteiger partial charge in [0.05, 0.1) is 12.1 Å². The van der Waals surface area contributed by atoms with E-state index in [1.54, 1.807) is 11.7 Å². The molecule has 0 aliphatic rings. The van der Waals surface area contributed by atoms with Crippen LogP contribution >= 0.6 is 0 Å². The summed E-state index contributed by atoms with van der Waals surface area (Å²) in [7, 11) is 0. The van der Waals surface area contributed by atoms with Gasteiger partial charge in [0.2, 0.25) is 5.91 Å². The lowest BCUT2D eigenvalue weighted by Crippen LogP contribution is -2.39. The number of hydrogen-bond acceptors (Lipinski definition) is 4. The van der Waals surface area contributed by atoms with Crippen LogP contribution in [0.15, 0.2) is 66.9 Å². The number of amides is 2. The summed E-state index contributed by atoms with van der Waals surface area (Å²) in [5.41, 5.74) is 4.21. The first-order chi connectivity index (χ1) is 15.6. The Kier molecular flexibility index (Phi) is 8.57. The predicted octanol–water partition coefficient (Wildman–Crippen LogP) is 3.37. The van der Waals surface area contributed by atoms with Crippen molar-refractivity contribution in [2.75, 3.05) is 6.54 Å². The molecule has 1 aromatic heterocycles. The van der Waals surface area contributed by atoms with Gasteiger partial charge in [0, 0.05) is 19.5 Å². The molecule has 3 N–H and O–H groups in total. The van der Waals surface area contributed by atoms with E-state index in [4.69, 9.17) is 5.21 Å². The van der Waals surface area contributed by atoms with Gasteiger partial charge < -0.3 is 9.88 Å². The van der Waals surface area contributed by atoms with Crippen molar-refractivity contribution in [2.45, 2.75) is 39.2 Å². The number of carbonyl (C=O) groups excluding carboxylic acids is 2. The Hall–Kier alpha value is -3.45. The Morgan fingerprint density at radius 2 is 1.69 bits per heavy atom. The second-order valence-corrected chi connectivity index (χ2v) is 7.81. The number of benzene rings is 2. The number of aryl methyl sites for hydroxylation is 1. The number of aromatic nitrogens is 2. The van der Waals surface area contributed by atoms with Crippen molar-refractivity contribution in [3.8, 4) is 0 Å². The van der Waals surface area contributed by atoms with Crippen molar-refractivity contribution >= 4 is 11.8 Å². The van der Waals surface area contributed by atoms with Crippen LogP contribution in [-0.2, 0) is 24.2 Å². The van der Waals surface area contributed by atoms with Crippen LogP contribution in [0.1, 0.15) is 47.2 Å². The zero-order chi connectivity index (χ0) is 22.8. The molecule has 0 radical (unpaired) electrons. The van der Waals surface area contributed by atoms with Crippen LogP contribution in [0.5, 0.6) is 0 Å². The maximum atomic E-state index is 13.0. The Bertz CT molecular complexity index is 1000. The minimum Gasteiger partial charge on any atom is -0.350 e. The molecule has 3 aromatic rings. The molecule has 0 spiro atoms. The first-order valence-corrected chi connectivity index (χ1v) is 11.0. The lowest BCUT2D eigenvalue weighted by molar-refractivity contribution is -0.133. The van der Waals surface area contributed by atoms with Crippen molar-refractivity contribution in [3.63, 3.8) is 0 Å². The highest BCUT2D eigenvalue weighted by molar-refractivity contribution is 5.93. The fraction of sp³-hybridized carbons (Fsp3) is 0.320. The summed E-state index contributed by atoms with van der Waals surface area (Å²) in [6.45, 7) is 2.77. The monoisotopic (exact) mass is 434 g/mol. The molecule has 32 heavy (non-hydrogen) atoms. The topological polar surface area (TPSA) is 96.2 Å². The third kappa shape index (κ3) is 6.28. The maximum absolute atomic E-state index is 13.0. The molecule has 0 aliphatic heterocycles. The van der Waals surface area contributed by atoms with Gasteiger partial charge in [-0.3, -0.25) is 14.8 Å². The van der Waals surface area contributed by atoms with Crippen LogP contribution in [-0.4, -0.2) is 33.1 Å².